The molecule has 1 saturated heterocycles. The summed E-state index contributed by atoms with van der Waals surface area (Å²) in [5.74, 6) is -1.29. The van der Waals surface area contributed by atoms with Crippen LogP contribution in [-0.4, -0.2) is 63.9 Å². The monoisotopic (exact) mass is 545 g/mol. The summed E-state index contributed by atoms with van der Waals surface area (Å²) in [5, 5.41) is 13.9. The number of nitrogens with one attached hydrogen (secondary N) is 1. The molecule has 2 aliphatic rings. The lowest BCUT2D eigenvalue weighted by atomic mass is 9.98. The van der Waals surface area contributed by atoms with E-state index in [0.29, 0.717) is 27.9 Å². The maximum absolute atomic E-state index is 14.3. The van der Waals surface area contributed by atoms with Gasteiger partial charge in [0.15, 0.2) is 17.3 Å². The maximum atomic E-state index is 14.3. The van der Waals surface area contributed by atoms with Gasteiger partial charge < -0.3 is 15.3 Å². The Bertz CT molecular complexity index is 1530. The Morgan fingerprint density at radius 1 is 1.05 bits per heavy atom. The molecule has 0 amide bonds. The summed E-state index contributed by atoms with van der Waals surface area (Å²) in [7, 11) is 2.14. The van der Waals surface area contributed by atoms with Crippen LogP contribution in [0, 0.1) is 11.7 Å². The number of aromatic hydroxyl groups is 1. The number of Topliss-reactive ketones (excluding diaryl/α,β-unsaturated/α-hetero) is 1. The van der Waals surface area contributed by atoms with E-state index in [9.17, 15) is 14.3 Å². The molecule has 9 heteroatoms. The summed E-state index contributed by atoms with van der Waals surface area (Å²) in [6.07, 6.45) is 5.19. The Labute approximate surface area is 231 Å². The van der Waals surface area contributed by atoms with Gasteiger partial charge in [0.25, 0.3) is 0 Å². The zero-order valence-electron chi connectivity index (χ0n) is 21.6. The lowest BCUT2D eigenvalue weighted by molar-refractivity contribution is 0.0968. The molecule has 0 radical (unpaired) electrons. The molecule has 39 heavy (non-hydrogen) atoms. The van der Waals surface area contributed by atoms with E-state index < -0.39 is 11.6 Å². The van der Waals surface area contributed by atoms with Crippen LogP contribution in [0.5, 0.6) is 5.75 Å². The maximum Gasteiger partial charge on any atom is 0.170 e. The number of hydrogen-bond acceptors (Lipinski definition) is 7. The Balaban J connectivity index is 1.35. The first-order valence-electron chi connectivity index (χ1n) is 13.1. The van der Waals surface area contributed by atoms with Gasteiger partial charge in [0.2, 0.25) is 0 Å². The minimum Gasteiger partial charge on any atom is -0.504 e. The lowest BCUT2D eigenvalue weighted by Gasteiger charge is -2.32. The van der Waals surface area contributed by atoms with Crippen LogP contribution in [-0.2, 0) is 6.54 Å². The zero-order chi connectivity index (χ0) is 27.1. The van der Waals surface area contributed by atoms with Crippen molar-refractivity contribution < 1.29 is 14.3 Å². The van der Waals surface area contributed by atoms with Crippen molar-refractivity contribution in [3.63, 3.8) is 0 Å². The van der Waals surface area contributed by atoms with Crippen molar-refractivity contribution in [1.29, 1.82) is 0 Å². The third-order valence-electron chi connectivity index (χ3n) is 7.51. The zero-order valence-corrected chi connectivity index (χ0v) is 22.4. The molecule has 3 heterocycles. The summed E-state index contributed by atoms with van der Waals surface area (Å²) in [6, 6.07) is 12.3. The molecule has 2 aromatic heterocycles. The molecular formula is C30H29ClFN5O2. The van der Waals surface area contributed by atoms with Gasteiger partial charge in [-0.2, -0.15) is 0 Å². The van der Waals surface area contributed by atoms with E-state index in [1.807, 2.05) is 30.3 Å². The largest absolute Gasteiger partial charge is 0.504 e. The Morgan fingerprint density at radius 2 is 1.85 bits per heavy atom. The van der Waals surface area contributed by atoms with Crippen LogP contribution >= 0.6 is 11.6 Å². The molecule has 0 unspecified atom stereocenters. The highest BCUT2D eigenvalue weighted by Crippen LogP contribution is 2.39. The molecule has 200 valence electrons. The summed E-state index contributed by atoms with van der Waals surface area (Å²) < 4.78 is 14.3. The van der Waals surface area contributed by atoms with Gasteiger partial charge in [-0.25, -0.2) is 4.39 Å². The van der Waals surface area contributed by atoms with E-state index >= 15 is 0 Å². The molecule has 2 N–H and O–H groups in total. The second-order valence-electron chi connectivity index (χ2n) is 10.4. The average molecular weight is 546 g/mol. The first-order valence-corrected chi connectivity index (χ1v) is 13.5. The van der Waals surface area contributed by atoms with Crippen LogP contribution in [0.3, 0.4) is 0 Å². The van der Waals surface area contributed by atoms with Crippen LogP contribution in [0.25, 0.3) is 22.0 Å². The first-order chi connectivity index (χ1) is 18.9. The fraction of sp³-hybridized carbons (Fsp3) is 0.300. The second-order valence-corrected chi connectivity index (χ2v) is 10.9. The van der Waals surface area contributed by atoms with Crippen LogP contribution in [0.15, 0.2) is 54.9 Å². The molecular weight excluding hydrogens is 517 g/mol. The van der Waals surface area contributed by atoms with Crippen LogP contribution < -0.4 is 5.32 Å². The molecule has 0 spiro atoms. The number of benzene rings is 2. The number of piperazine rings is 1. The van der Waals surface area contributed by atoms with E-state index in [0.717, 1.165) is 62.3 Å². The smallest absolute Gasteiger partial charge is 0.170 e. The number of carbonyl (C=O) groups is 1. The molecule has 2 aromatic carbocycles. The Kier molecular flexibility index (Phi) is 6.93. The molecule has 7 nitrogen and oxygen atoms in total. The number of aromatic nitrogens is 2. The summed E-state index contributed by atoms with van der Waals surface area (Å²) in [5.41, 5.74) is 4.82. The number of phenolic OH excluding ortho intramolecular Hbond substituents is 1. The van der Waals surface area contributed by atoms with Crippen LogP contribution in [0.4, 0.5) is 15.8 Å². The van der Waals surface area contributed by atoms with Gasteiger partial charge in [-0.3, -0.25) is 19.7 Å². The van der Waals surface area contributed by atoms with Crippen molar-refractivity contribution in [2.45, 2.75) is 19.4 Å². The third kappa shape index (κ3) is 5.45. The Hall–Kier alpha value is -3.59. The number of anilines is 2. The number of fused-ring (bicyclic) bond motifs is 1. The SMILES string of the molecule is CN1CCN(Cc2ccc(Nc3c(C(=O)C4CC4)cnc4ccc(-c5cc(F)c(O)c(Cl)c5)cc34)cn2)CC1. The third-order valence-corrected chi connectivity index (χ3v) is 7.80. The molecule has 1 aliphatic heterocycles. The predicted molar refractivity (Wildman–Crippen MR) is 151 cm³/mol. The number of nitrogens with zero attached hydrogens (tertiary/aromatic N) is 4. The number of phenols is 1. The molecule has 4 aromatic rings. The van der Waals surface area contributed by atoms with Crippen molar-refractivity contribution >= 4 is 39.7 Å². The van der Waals surface area contributed by atoms with Gasteiger partial charge in [0, 0.05) is 50.2 Å². The standard InChI is InChI=1S/C30H29ClFN5O2/c1-36-8-10-37(11-9-36)17-22-6-5-21(15-33-22)35-28-23-12-19(20-13-25(31)30(39)26(32)14-20)4-7-27(23)34-16-24(28)29(38)18-2-3-18/h4-7,12-16,18,39H,2-3,8-11,17H2,1H3,(H,34,35). The molecule has 0 atom stereocenters. The highest BCUT2D eigenvalue weighted by Gasteiger charge is 2.32. The topological polar surface area (TPSA) is 81.6 Å². The van der Waals surface area contributed by atoms with E-state index in [1.165, 1.54) is 12.1 Å². The summed E-state index contributed by atoms with van der Waals surface area (Å²) >= 11 is 6.04. The minimum absolute atomic E-state index is 0.0158. The number of carbonyl (C=O) groups excluding carboxylic acids is 1. The van der Waals surface area contributed by atoms with Crippen molar-refractivity contribution in [3.8, 4) is 16.9 Å². The molecule has 0 bridgehead atoms. The summed E-state index contributed by atoms with van der Waals surface area (Å²) in [6.45, 7) is 4.94. The van der Waals surface area contributed by atoms with Gasteiger partial charge in [-0.15, -0.1) is 0 Å². The fourth-order valence-corrected chi connectivity index (χ4v) is 5.17. The highest BCUT2D eigenvalue weighted by molar-refractivity contribution is 6.32. The van der Waals surface area contributed by atoms with Gasteiger partial charge in [0.1, 0.15) is 0 Å². The van der Waals surface area contributed by atoms with Gasteiger partial charge in [-0.05, 0) is 67.4 Å². The second kappa shape index (κ2) is 10.5. The van der Waals surface area contributed by atoms with E-state index in [1.54, 1.807) is 12.4 Å². The molecule has 6 rings (SSSR count). The number of rotatable bonds is 7. The van der Waals surface area contributed by atoms with Crippen LogP contribution in [0.2, 0.25) is 5.02 Å². The van der Waals surface area contributed by atoms with Gasteiger partial charge >= 0.3 is 0 Å². The van der Waals surface area contributed by atoms with E-state index in [-0.39, 0.29) is 16.7 Å². The number of hydrogen-bond donors (Lipinski definition) is 2. The van der Waals surface area contributed by atoms with Crippen molar-refractivity contribution in [2.24, 2.45) is 5.92 Å². The molecule has 2 fully saturated rings. The number of likely N-dealkylation sites (N-methyl/N-ethyl adjacent to an activating group) is 1. The van der Waals surface area contributed by atoms with Crippen LogP contribution in [0.1, 0.15) is 28.9 Å². The van der Waals surface area contributed by atoms with E-state index in [4.69, 9.17) is 11.6 Å². The first kappa shape index (κ1) is 25.7. The number of ketones is 1. The Morgan fingerprint density at radius 3 is 2.54 bits per heavy atom. The summed E-state index contributed by atoms with van der Waals surface area (Å²) in [4.78, 5) is 27.2. The normalized spacial score (nSPS) is 16.5. The average Bonchev–Trinajstić information content (AvgIpc) is 3.79. The lowest BCUT2D eigenvalue weighted by Crippen LogP contribution is -2.43. The molecule has 1 aliphatic carbocycles. The van der Waals surface area contributed by atoms with Crippen molar-refractivity contribution in [2.75, 3.05) is 38.5 Å². The minimum atomic E-state index is -0.797. The van der Waals surface area contributed by atoms with E-state index in [2.05, 4.69) is 32.1 Å². The quantitative estimate of drug-likeness (QED) is 0.281. The molecule has 1 saturated carbocycles. The fourth-order valence-electron chi connectivity index (χ4n) is 4.96. The van der Waals surface area contributed by atoms with Gasteiger partial charge in [-0.1, -0.05) is 17.7 Å². The number of halogens is 2. The highest BCUT2D eigenvalue weighted by atomic mass is 35.5. The number of pyridine rings is 2. The van der Waals surface area contributed by atoms with Gasteiger partial charge in [0.05, 0.1) is 39.4 Å². The van der Waals surface area contributed by atoms with Crippen molar-refractivity contribution in [1.82, 2.24) is 19.8 Å². The van der Waals surface area contributed by atoms with Crippen molar-refractivity contribution in [3.05, 3.63) is 77.0 Å². The predicted octanol–water partition coefficient (Wildman–Crippen LogP) is 5.88.